The van der Waals surface area contributed by atoms with E-state index in [2.05, 4.69) is 81.4 Å². The van der Waals surface area contributed by atoms with E-state index in [0.717, 1.165) is 0 Å². The lowest BCUT2D eigenvalue weighted by atomic mass is 10.3. The van der Waals surface area contributed by atoms with Crippen LogP contribution in [0.2, 0.25) is 0 Å². The van der Waals surface area contributed by atoms with Gasteiger partial charge in [-0.3, -0.25) is 0 Å². The Balaban J connectivity index is 2.48. The second kappa shape index (κ2) is 5.02. The molecule has 0 aromatic heterocycles. The van der Waals surface area contributed by atoms with Crippen LogP contribution in [0.25, 0.3) is 0 Å². The normalized spacial score (nSPS) is 11.8. The smallest absolute Gasteiger partial charge is 0.00991 e. The lowest BCUT2D eigenvalue weighted by Crippen LogP contribution is -2.26. The highest BCUT2D eigenvalue weighted by molar-refractivity contribution is 7.74. The second-order valence-electron chi connectivity index (χ2n) is 5.18. The fourth-order valence-corrected chi connectivity index (χ4v) is 4.87. The largest absolute Gasteiger partial charge is 0.0622 e. The summed E-state index contributed by atoms with van der Waals surface area (Å²) in [5.41, 5.74) is 0. The fourth-order valence-electron chi connectivity index (χ4n) is 2.08. The summed E-state index contributed by atoms with van der Waals surface area (Å²) in [7, 11) is -0.292. The molecule has 2 rings (SSSR count). The fraction of sp³-hybridized carbons (Fsp3) is 0.250. The van der Waals surface area contributed by atoms with Crippen molar-refractivity contribution < 1.29 is 0 Å². The summed E-state index contributed by atoms with van der Waals surface area (Å²) in [6, 6.07) is 21.7. The maximum Gasteiger partial charge on any atom is -0.00991 e. The molecule has 0 heterocycles. The van der Waals surface area contributed by atoms with Crippen molar-refractivity contribution in [2.75, 3.05) is 0 Å². The highest BCUT2D eigenvalue weighted by atomic mass is 31.1. The summed E-state index contributed by atoms with van der Waals surface area (Å²) in [4.78, 5) is 0. The van der Waals surface area contributed by atoms with Gasteiger partial charge < -0.3 is 0 Å². The average molecular weight is 242 g/mol. The summed E-state index contributed by atoms with van der Waals surface area (Å²) in [5.74, 6) is 0. The third-order valence-corrected chi connectivity index (χ3v) is 5.67. The van der Waals surface area contributed by atoms with Crippen molar-refractivity contribution in [3.63, 3.8) is 0 Å². The molecule has 0 saturated carbocycles. The number of hydrogen-bond donors (Lipinski definition) is 0. The van der Waals surface area contributed by atoms with Gasteiger partial charge in [0.1, 0.15) is 0 Å². The second-order valence-corrected chi connectivity index (χ2v) is 8.22. The van der Waals surface area contributed by atoms with Crippen LogP contribution in [0.1, 0.15) is 20.8 Å². The standard InChI is InChI=1S/C16H19P/c1-16(2,3)17(14-10-6-4-7-11-14)15-12-8-5-9-13-15/h4-13H,1-3H3. The summed E-state index contributed by atoms with van der Waals surface area (Å²) >= 11 is 0. The van der Waals surface area contributed by atoms with Crippen LogP contribution in [0.4, 0.5) is 0 Å². The van der Waals surface area contributed by atoms with Gasteiger partial charge in [0.25, 0.3) is 0 Å². The van der Waals surface area contributed by atoms with E-state index in [0.29, 0.717) is 0 Å². The molecule has 88 valence electrons. The van der Waals surface area contributed by atoms with Crippen LogP contribution in [-0.2, 0) is 0 Å². The van der Waals surface area contributed by atoms with Crippen LogP contribution < -0.4 is 10.6 Å². The molecule has 0 spiro atoms. The maximum absolute atomic E-state index is 2.33. The van der Waals surface area contributed by atoms with Gasteiger partial charge in [-0.2, -0.15) is 0 Å². The molecule has 17 heavy (non-hydrogen) atoms. The van der Waals surface area contributed by atoms with Crippen LogP contribution in [0.3, 0.4) is 0 Å². The summed E-state index contributed by atoms with van der Waals surface area (Å²) in [6.07, 6.45) is 0. The molecular weight excluding hydrogens is 223 g/mol. The molecular formula is C16H19P. The molecule has 0 radical (unpaired) electrons. The van der Waals surface area contributed by atoms with E-state index >= 15 is 0 Å². The minimum atomic E-state index is -0.292. The minimum Gasteiger partial charge on any atom is -0.0622 e. The number of hydrogen-bond acceptors (Lipinski definition) is 0. The van der Waals surface area contributed by atoms with E-state index in [9.17, 15) is 0 Å². The van der Waals surface area contributed by atoms with Crippen molar-refractivity contribution >= 4 is 18.5 Å². The topological polar surface area (TPSA) is 0 Å². The van der Waals surface area contributed by atoms with Crippen molar-refractivity contribution in [2.24, 2.45) is 0 Å². The third-order valence-electron chi connectivity index (χ3n) is 2.70. The van der Waals surface area contributed by atoms with Gasteiger partial charge >= 0.3 is 0 Å². The van der Waals surface area contributed by atoms with Gasteiger partial charge in [0.2, 0.25) is 0 Å². The zero-order valence-electron chi connectivity index (χ0n) is 10.7. The Morgan fingerprint density at radius 3 is 1.29 bits per heavy atom. The predicted octanol–water partition coefficient (Wildman–Crippen LogP) is 3.92. The zero-order valence-corrected chi connectivity index (χ0v) is 11.6. The van der Waals surface area contributed by atoms with Gasteiger partial charge in [0.05, 0.1) is 0 Å². The van der Waals surface area contributed by atoms with E-state index in [4.69, 9.17) is 0 Å². The Hall–Kier alpha value is -1.13. The molecule has 0 atom stereocenters. The van der Waals surface area contributed by atoms with Gasteiger partial charge in [-0.25, -0.2) is 0 Å². The van der Waals surface area contributed by atoms with E-state index < -0.39 is 0 Å². The minimum absolute atomic E-state index is 0.290. The first-order valence-electron chi connectivity index (χ1n) is 5.99. The van der Waals surface area contributed by atoms with Gasteiger partial charge in [-0.05, 0) is 23.7 Å². The van der Waals surface area contributed by atoms with Crippen molar-refractivity contribution in [2.45, 2.75) is 25.9 Å². The van der Waals surface area contributed by atoms with Crippen LogP contribution in [0, 0.1) is 0 Å². The average Bonchev–Trinajstić information content (AvgIpc) is 2.30. The molecule has 0 unspecified atom stereocenters. The first kappa shape index (κ1) is 12.3. The Morgan fingerprint density at radius 1 is 0.647 bits per heavy atom. The SMILES string of the molecule is CC(C)(C)P(c1ccccc1)c1ccccc1. The molecule has 0 bridgehead atoms. The van der Waals surface area contributed by atoms with E-state index in [1.807, 2.05) is 0 Å². The summed E-state index contributed by atoms with van der Waals surface area (Å²) in [6.45, 7) is 7.00. The molecule has 1 heteroatoms. The molecule has 0 saturated heterocycles. The van der Waals surface area contributed by atoms with Gasteiger partial charge in [0.15, 0.2) is 0 Å². The molecule has 2 aromatic carbocycles. The molecule has 0 N–H and O–H groups in total. The Morgan fingerprint density at radius 2 is 1.00 bits per heavy atom. The van der Waals surface area contributed by atoms with Crippen LogP contribution in [0.5, 0.6) is 0 Å². The monoisotopic (exact) mass is 242 g/mol. The van der Waals surface area contributed by atoms with Crippen LogP contribution in [0.15, 0.2) is 60.7 Å². The lowest BCUT2D eigenvalue weighted by molar-refractivity contribution is 0.793. The molecule has 0 nitrogen and oxygen atoms in total. The molecule has 0 aliphatic rings. The first-order valence-corrected chi connectivity index (χ1v) is 7.33. The summed E-state index contributed by atoms with van der Waals surface area (Å²) in [5, 5.41) is 3.21. The van der Waals surface area contributed by atoms with Crippen molar-refractivity contribution in [1.29, 1.82) is 0 Å². The number of benzene rings is 2. The van der Waals surface area contributed by atoms with Crippen molar-refractivity contribution in [3.8, 4) is 0 Å². The quantitative estimate of drug-likeness (QED) is 0.700. The molecule has 0 amide bonds. The third kappa shape index (κ3) is 2.96. The number of rotatable bonds is 2. The van der Waals surface area contributed by atoms with Crippen molar-refractivity contribution in [1.82, 2.24) is 0 Å². The van der Waals surface area contributed by atoms with Gasteiger partial charge in [-0.1, -0.05) is 81.4 Å². The zero-order chi connectivity index (χ0) is 12.3. The Bertz CT molecular complexity index is 414. The maximum atomic E-state index is 2.33. The van der Waals surface area contributed by atoms with Gasteiger partial charge in [-0.15, -0.1) is 0 Å². The summed E-state index contributed by atoms with van der Waals surface area (Å²) < 4.78 is 0. The highest BCUT2D eigenvalue weighted by Gasteiger charge is 2.26. The Labute approximate surface area is 105 Å². The first-order chi connectivity index (χ1) is 8.09. The van der Waals surface area contributed by atoms with E-state index in [1.54, 1.807) is 0 Å². The van der Waals surface area contributed by atoms with Crippen LogP contribution >= 0.6 is 7.92 Å². The highest BCUT2D eigenvalue weighted by Crippen LogP contribution is 2.47. The predicted molar refractivity (Wildman–Crippen MR) is 78.8 cm³/mol. The van der Waals surface area contributed by atoms with Gasteiger partial charge in [0, 0.05) is 0 Å². The van der Waals surface area contributed by atoms with Crippen molar-refractivity contribution in [3.05, 3.63) is 60.7 Å². The van der Waals surface area contributed by atoms with E-state index in [1.165, 1.54) is 10.6 Å². The van der Waals surface area contributed by atoms with E-state index in [-0.39, 0.29) is 13.1 Å². The molecule has 0 fully saturated rings. The Kier molecular flexibility index (Phi) is 3.64. The molecule has 2 aromatic rings. The molecule has 0 aliphatic carbocycles. The molecule has 0 aliphatic heterocycles. The lowest BCUT2D eigenvalue weighted by Gasteiger charge is -2.32. The van der Waals surface area contributed by atoms with Crippen LogP contribution in [-0.4, -0.2) is 5.16 Å².